The summed E-state index contributed by atoms with van der Waals surface area (Å²) >= 11 is 5.68. The zero-order chi connectivity index (χ0) is 14.8. The molecular formula is C13H17Cl2F3N2O. The van der Waals surface area contributed by atoms with Gasteiger partial charge in [-0.2, -0.15) is 0 Å². The van der Waals surface area contributed by atoms with Crippen molar-refractivity contribution in [2.24, 2.45) is 0 Å². The maximum atomic E-state index is 14.1. The summed E-state index contributed by atoms with van der Waals surface area (Å²) in [4.78, 5) is 1.58. The van der Waals surface area contributed by atoms with Crippen molar-refractivity contribution in [1.82, 2.24) is 10.2 Å². The maximum absolute atomic E-state index is 14.1. The lowest BCUT2D eigenvalue weighted by atomic mass is 9.98. The van der Waals surface area contributed by atoms with Gasteiger partial charge in [0.25, 0.3) is 5.92 Å². The van der Waals surface area contributed by atoms with Crippen LogP contribution >= 0.6 is 24.0 Å². The monoisotopic (exact) mass is 344 g/mol. The van der Waals surface area contributed by atoms with E-state index >= 15 is 0 Å². The fourth-order valence-electron chi connectivity index (χ4n) is 2.43. The van der Waals surface area contributed by atoms with Crippen molar-refractivity contribution in [1.29, 1.82) is 0 Å². The van der Waals surface area contributed by atoms with E-state index in [9.17, 15) is 13.2 Å². The first-order chi connectivity index (χ1) is 9.45. The first-order valence-corrected chi connectivity index (χ1v) is 6.72. The zero-order valence-corrected chi connectivity index (χ0v) is 12.7. The summed E-state index contributed by atoms with van der Waals surface area (Å²) in [5.41, 5.74) is 0.206. The maximum Gasteiger partial charge on any atom is 0.289 e. The molecule has 0 spiro atoms. The van der Waals surface area contributed by atoms with Gasteiger partial charge in [-0.05, 0) is 17.7 Å². The number of nitrogens with zero attached hydrogens (tertiary/aromatic N) is 1. The van der Waals surface area contributed by atoms with E-state index in [0.717, 1.165) is 6.07 Å². The molecule has 0 amide bonds. The molecule has 0 aromatic heterocycles. The highest BCUT2D eigenvalue weighted by Gasteiger charge is 2.44. The molecule has 1 fully saturated rings. The molecule has 0 aliphatic carbocycles. The van der Waals surface area contributed by atoms with Crippen molar-refractivity contribution >= 4 is 24.0 Å². The summed E-state index contributed by atoms with van der Waals surface area (Å²) < 4.78 is 41.3. The van der Waals surface area contributed by atoms with Crippen LogP contribution in [0.15, 0.2) is 18.2 Å². The molecule has 1 aromatic rings. The highest BCUT2D eigenvalue weighted by Crippen LogP contribution is 2.37. The lowest BCUT2D eigenvalue weighted by molar-refractivity contribution is -0.118. The Morgan fingerprint density at radius 1 is 1.33 bits per heavy atom. The predicted molar refractivity (Wildman–Crippen MR) is 77.9 cm³/mol. The molecule has 0 saturated carbocycles. The van der Waals surface area contributed by atoms with Gasteiger partial charge in [-0.15, -0.1) is 12.4 Å². The highest BCUT2D eigenvalue weighted by atomic mass is 35.5. The van der Waals surface area contributed by atoms with Crippen molar-refractivity contribution in [3.63, 3.8) is 0 Å². The average Bonchev–Trinajstić information content (AvgIpc) is 2.44. The number of hydrogen-bond donors (Lipinski definition) is 2. The third-order valence-electron chi connectivity index (χ3n) is 3.39. The van der Waals surface area contributed by atoms with Gasteiger partial charge in [-0.25, -0.2) is 13.2 Å². The number of halogens is 5. The number of hydrogen-bond acceptors (Lipinski definition) is 3. The lowest BCUT2D eigenvalue weighted by Crippen LogP contribution is -2.51. The fourth-order valence-corrected chi connectivity index (χ4v) is 2.62. The topological polar surface area (TPSA) is 35.5 Å². The number of nitrogens with one attached hydrogen (secondary N) is 1. The summed E-state index contributed by atoms with van der Waals surface area (Å²) in [7, 11) is 0. The first kappa shape index (κ1) is 18.5. The van der Waals surface area contributed by atoms with E-state index < -0.39 is 24.4 Å². The van der Waals surface area contributed by atoms with Gasteiger partial charge in [0.15, 0.2) is 0 Å². The van der Waals surface area contributed by atoms with Crippen LogP contribution < -0.4 is 5.32 Å². The van der Waals surface area contributed by atoms with Gasteiger partial charge in [0.1, 0.15) is 18.5 Å². The van der Waals surface area contributed by atoms with Crippen LogP contribution in [0.2, 0.25) is 5.02 Å². The first-order valence-electron chi connectivity index (χ1n) is 6.34. The van der Waals surface area contributed by atoms with Crippen LogP contribution in [0.25, 0.3) is 0 Å². The van der Waals surface area contributed by atoms with Crippen LogP contribution in [0.4, 0.5) is 13.2 Å². The number of aliphatic hydroxyl groups excluding tert-OH is 1. The number of benzene rings is 1. The summed E-state index contributed by atoms with van der Waals surface area (Å²) in [6, 6.07) is 2.25. The van der Waals surface area contributed by atoms with E-state index in [1.807, 2.05) is 0 Å². The van der Waals surface area contributed by atoms with Crippen molar-refractivity contribution in [2.45, 2.75) is 12.0 Å². The summed E-state index contributed by atoms with van der Waals surface area (Å²) in [5.74, 6) is -3.97. The molecule has 1 atom stereocenters. The van der Waals surface area contributed by atoms with E-state index in [4.69, 9.17) is 16.7 Å². The molecule has 8 heteroatoms. The number of alkyl halides is 2. The van der Waals surface area contributed by atoms with Crippen molar-refractivity contribution in [2.75, 3.05) is 32.8 Å². The normalized spacial score (nSPS) is 18.1. The largest absolute Gasteiger partial charge is 0.390 e. The lowest BCUT2D eigenvalue weighted by Gasteiger charge is -2.38. The number of aliphatic hydroxyl groups is 1. The van der Waals surface area contributed by atoms with E-state index in [1.165, 1.54) is 12.1 Å². The molecule has 0 unspecified atom stereocenters. The van der Waals surface area contributed by atoms with E-state index in [2.05, 4.69) is 5.32 Å². The number of piperazine rings is 1. The molecule has 0 bridgehead atoms. The minimum atomic E-state index is -3.32. The van der Waals surface area contributed by atoms with Crippen LogP contribution in [0.3, 0.4) is 0 Å². The van der Waals surface area contributed by atoms with Crippen molar-refractivity contribution in [3.8, 4) is 0 Å². The Morgan fingerprint density at radius 3 is 2.48 bits per heavy atom. The minimum Gasteiger partial charge on any atom is -0.390 e. The smallest absolute Gasteiger partial charge is 0.289 e. The third-order valence-corrected chi connectivity index (χ3v) is 3.68. The van der Waals surface area contributed by atoms with Crippen LogP contribution in [0.5, 0.6) is 0 Å². The Hall–Kier alpha value is -0.530. The highest BCUT2D eigenvalue weighted by molar-refractivity contribution is 6.30. The molecule has 1 heterocycles. The Balaban J connectivity index is 0.00000220. The number of rotatable bonds is 4. The predicted octanol–water partition coefficient (Wildman–Crippen LogP) is 2.47. The molecule has 21 heavy (non-hydrogen) atoms. The van der Waals surface area contributed by atoms with E-state index in [1.54, 1.807) is 4.90 Å². The van der Waals surface area contributed by atoms with Gasteiger partial charge in [-0.1, -0.05) is 17.7 Å². The quantitative estimate of drug-likeness (QED) is 0.880. The van der Waals surface area contributed by atoms with Gasteiger partial charge in [0.2, 0.25) is 0 Å². The Bertz CT molecular complexity index is 471. The van der Waals surface area contributed by atoms with E-state index in [0.29, 0.717) is 26.2 Å². The Morgan fingerprint density at radius 2 is 1.95 bits per heavy atom. The zero-order valence-electron chi connectivity index (χ0n) is 11.2. The Labute approximate surface area is 132 Å². The minimum absolute atomic E-state index is 0. The molecule has 120 valence electrons. The second-order valence-electron chi connectivity index (χ2n) is 4.78. The third kappa shape index (κ3) is 4.23. The molecule has 2 N–H and O–H groups in total. The molecule has 1 aliphatic heterocycles. The fraction of sp³-hybridized carbons (Fsp3) is 0.538. The second-order valence-corrected chi connectivity index (χ2v) is 5.19. The summed E-state index contributed by atoms with van der Waals surface area (Å²) in [5, 5.41) is 11.9. The molecule has 1 saturated heterocycles. The van der Waals surface area contributed by atoms with Gasteiger partial charge in [0.05, 0.1) is 5.02 Å². The van der Waals surface area contributed by atoms with Crippen LogP contribution in [-0.2, 0) is 0 Å². The van der Waals surface area contributed by atoms with Gasteiger partial charge in [0, 0.05) is 26.2 Å². The van der Waals surface area contributed by atoms with E-state index in [-0.39, 0.29) is 23.0 Å². The average molecular weight is 345 g/mol. The molecular weight excluding hydrogens is 328 g/mol. The SMILES string of the molecule is Cl.OCC(F)(F)[C@H](c1ccc(F)c(Cl)c1)N1CCNCC1. The Kier molecular flexibility index (Phi) is 6.74. The molecule has 1 aliphatic rings. The summed E-state index contributed by atoms with van der Waals surface area (Å²) in [6.07, 6.45) is 0. The second kappa shape index (κ2) is 7.65. The molecule has 1 aromatic carbocycles. The summed E-state index contributed by atoms with van der Waals surface area (Å²) in [6.45, 7) is 0.765. The van der Waals surface area contributed by atoms with Crippen LogP contribution in [0.1, 0.15) is 11.6 Å². The molecule has 3 nitrogen and oxygen atoms in total. The van der Waals surface area contributed by atoms with Gasteiger partial charge >= 0.3 is 0 Å². The van der Waals surface area contributed by atoms with Gasteiger partial charge in [-0.3, -0.25) is 4.90 Å². The van der Waals surface area contributed by atoms with Crippen LogP contribution in [0, 0.1) is 5.82 Å². The van der Waals surface area contributed by atoms with Crippen LogP contribution in [-0.4, -0.2) is 48.7 Å². The standard InChI is InChI=1S/C13H16ClF3N2O.ClH/c14-10-7-9(1-2-11(10)15)12(13(16,17)8-20)19-5-3-18-4-6-19;/h1-2,7,12,18,20H,3-6,8H2;1H/t12-;/m0./s1. The van der Waals surface area contributed by atoms with Crippen molar-refractivity contribution in [3.05, 3.63) is 34.6 Å². The van der Waals surface area contributed by atoms with Crippen molar-refractivity contribution < 1.29 is 18.3 Å². The molecule has 2 rings (SSSR count). The van der Waals surface area contributed by atoms with Gasteiger partial charge < -0.3 is 10.4 Å². The molecule has 0 radical (unpaired) electrons.